The molecule has 3 nitrogen and oxygen atoms in total. The van der Waals surface area contributed by atoms with E-state index >= 15 is 0 Å². The van der Waals surface area contributed by atoms with Crippen molar-refractivity contribution < 1.29 is 4.79 Å². The summed E-state index contributed by atoms with van der Waals surface area (Å²) in [6.45, 7) is 6.97. The highest BCUT2D eigenvalue weighted by molar-refractivity contribution is 5.81. The first-order chi connectivity index (χ1) is 7.01. The van der Waals surface area contributed by atoms with Gasteiger partial charge in [-0.15, -0.1) is 0 Å². The quantitative estimate of drug-likeness (QED) is 0.703. The lowest BCUT2D eigenvalue weighted by molar-refractivity contribution is -0.123. The molecule has 1 saturated carbocycles. The second-order valence-corrected chi connectivity index (χ2v) is 5.24. The summed E-state index contributed by atoms with van der Waals surface area (Å²) in [6.07, 6.45) is 4.95. The molecule has 0 aromatic carbocycles. The molecule has 88 valence electrons. The molecule has 0 saturated heterocycles. The summed E-state index contributed by atoms with van der Waals surface area (Å²) in [7, 11) is 0. The molecule has 0 bridgehead atoms. The van der Waals surface area contributed by atoms with Gasteiger partial charge in [0.15, 0.2) is 0 Å². The molecular formula is C12H24N2O. The maximum absolute atomic E-state index is 11.6. The Morgan fingerprint density at radius 3 is 2.47 bits per heavy atom. The number of carbonyl (C=O) groups excluding carboxylic acids is 1. The van der Waals surface area contributed by atoms with Crippen molar-refractivity contribution >= 4 is 5.91 Å². The zero-order chi connectivity index (χ0) is 11.5. The molecule has 0 radical (unpaired) electrons. The van der Waals surface area contributed by atoms with E-state index in [1.54, 1.807) is 0 Å². The molecule has 1 fully saturated rings. The summed E-state index contributed by atoms with van der Waals surface area (Å²) < 4.78 is 0. The minimum atomic E-state index is -0.359. The second kappa shape index (κ2) is 4.97. The molecule has 0 heterocycles. The fourth-order valence-electron chi connectivity index (χ4n) is 1.92. The van der Waals surface area contributed by atoms with Gasteiger partial charge in [0, 0.05) is 6.54 Å². The summed E-state index contributed by atoms with van der Waals surface area (Å²) in [4.78, 5) is 11.6. The van der Waals surface area contributed by atoms with E-state index in [0.29, 0.717) is 5.41 Å². The van der Waals surface area contributed by atoms with Crippen molar-refractivity contribution in [1.82, 2.24) is 5.32 Å². The standard InChI is InChI=1S/C12H24N2O/c1-4-5-12(6-7-12)8-14-11(15)10(13)9(2)3/h9-10H,4-8,13H2,1-3H3,(H,14,15). The summed E-state index contributed by atoms with van der Waals surface area (Å²) in [6, 6.07) is -0.359. The minimum absolute atomic E-state index is 0.00683. The van der Waals surface area contributed by atoms with Crippen LogP contribution in [0.5, 0.6) is 0 Å². The van der Waals surface area contributed by atoms with E-state index in [1.807, 2.05) is 13.8 Å². The monoisotopic (exact) mass is 212 g/mol. The maximum atomic E-state index is 11.6. The molecule has 0 spiro atoms. The van der Waals surface area contributed by atoms with Crippen molar-refractivity contribution in [2.75, 3.05) is 6.54 Å². The average Bonchev–Trinajstić information content (AvgIpc) is 2.94. The van der Waals surface area contributed by atoms with Gasteiger partial charge in [-0.2, -0.15) is 0 Å². The number of hydrogen-bond acceptors (Lipinski definition) is 2. The van der Waals surface area contributed by atoms with Crippen molar-refractivity contribution in [3.63, 3.8) is 0 Å². The summed E-state index contributed by atoms with van der Waals surface area (Å²) >= 11 is 0. The fourth-order valence-corrected chi connectivity index (χ4v) is 1.92. The number of hydrogen-bond donors (Lipinski definition) is 2. The van der Waals surface area contributed by atoms with Gasteiger partial charge < -0.3 is 11.1 Å². The van der Waals surface area contributed by atoms with Crippen LogP contribution in [0.1, 0.15) is 46.5 Å². The molecule has 0 aromatic heterocycles. The van der Waals surface area contributed by atoms with E-state index < -0.39 is 0 Å². The Kier molecular flexibility index (Phi) is 4.14. The van der Waals surface area contributed by atoms with Gasteiger partial charge in [-0.1, -0.05) is 27.2 Å². The van der Waals surface area contributed by atoms with E-state index in [1.165, 1.54) is 25.7 Å². The predicted octanol–water partition coefficient (Wildman–Crippen LogP) is 1.67. The zero-order valence-corrected chi connectivity index (χ0v) is 10.2. The summed E-state index contributed by atoms with van der Waals surface area (Å²) in [5.41, 5.74) is 6.19. The molecule has 3 heteroatoms. The van der Waals surface area contributed by atoms with Crippen LogP contribution in [-0.2, 0) is 4.79 Å². The first-order valence-corrected chi connectivity index (χ1v) is 6.04. The molecule has 1 atom stereocenters. The molecule has 3 N–H and O–H groups in total. The van der Waals surface area contributed by atoms with Crippen LogP contribution < -0.4 is 11.1 Å². The average molecular weight is 212 g/mol. The van der Waals surface area contributed by atoms with Crippen LogP contribution in [0.25, 0.3) is 0 Å². The van der Waals surface area contributed by atoms with Gasteiger partial charge in [-0.25, -0.2) is 0 Å². The van der Waals surface area contributed by atoms with Crippen molar-refractivity contribution in [3.8, 4) is 0 Å². The molecule has 1 aliphatic rings. The van der Waals surface area contributed by atoms with E-state index in [2.05, 4.69) is 12.2 Å². The Morgan fingerprint density at radius 1 is 1.47 bits per heavy atom. The lowest BCUT2D eigenvalue weighted by Gasteiger charge is -2.19. The maximum Gasteiger partial charge on any atom is 0.237 e. The largest absolute Gasteiger partial charge is 0.354 e. The van der Waals surface area contributed by atoms with E-state index in [0.717, 1.165) is 6.54 Å². The Balaban J connectivity index is 2.28. The predicted molar refractivity (Wildman–Crippen MR) is 62.4 cm³/mol. The molecule has 1 aliphatic carbocycles. The number of nitrogens with one attached hydrogen (secondary N) is 1. The van der Waals surface area contributed by atoms with Crippen molar-refractivity contribution in [1.29, 1.82) is 0 Å². The normalized spacial score (nSPS) is 20.1. The first-order valence-electron chi connectivity index (χ1n) is 6.04. The fraction of sp³-hybridized carbons (Fsp3) is 0.917. The number of rotatable bonds is 6. The van der Waals surface area contributed by atoms with Crippen LogP contribution in [0.15, 0.2) is 0 Å². The van der Waals surface area contributed by atoms with Gasteiger partial charge in [-0.3, -0.25) is 4.79 Å². The van der Waals surface area contributed by atoms with Gasteiger partial charge in [0.1, 0.15) is 0 Å². The Bertz CT molecular complexity index is 222. The van der Waals surface area contributed by atoms with Crippen LogP contribution in [0.3, 0.4) is 0 Å². The Hall–Kier alpha value is -0.570. The summed E-state index contributed by atoms with van der Waals surface area (Å²) in [5, 5.41) is 2.99. The van der Waals surface area contributed by atoms with E-state index in [4.69, 9.17) is 5.73 Å². The van der Waals surface area contributed by atoms with Crippen LogP contribution in [0.2, 0.25) is 0 Å². The minimum Gasteiger partial charge on any atom is -0.354 e. The van der Waals surface area contributed by atoms with Crippen LogP contribution in [0, 0.1) is 11.3 Å². The van der Waals surface area contributed by atoms with Gasteiger partial charge in [0.05, 0.1) is 6.04 Å². The number of amides is 1. The lowest BCUT2D eigenvalue weighted by atomic mass is 10.00. The highest BCUT2D eigenvalue weighted by Gasteiger charge is 2.41. The van der Waals surface area contributed by atoms with Crippen LogP contribution >= 0.6 is 0 Å². The third-order valence-corrected chi connectivity index (χ3v) is 3.40. The number of carbonyl (C=O) groups is 1. The molecule has 1 rings (SSSR count). The first kappa shape index (κ1) is 12.5. The van der Waals surface area contributed by atoms with E-state index in [-0.39, 0.29) is 17.9 Å². The van der Waals surface area contributed by atoms with Gasteiger partial charge in [-0.05, 0) is 30.6 Å². The van der Waals surface area contributed by atoms with Gasteiger partial charge >= 0.3 is 0 Å². The van der Waals surface area contributed by atoms with Crippen molar-refractivity contribution in [3.05, 3.63) is 0 Å². The Morgan fingerprint density at radius 2 is 2.07 bits per heavy atom. The zero-order valence-electron chi connectivity index (χ0n) is 10.2. The highest BCUT2D eigenvalue weighted by atomic mass is 16.2. The molecule has 1 amide bonds. The van der Waals surface area contributed by atoms with Gasteiger partial charge in [0.25, 0.3) is 0 Å². The van der Waals surface area contributed by atoms with Crippen LogP contribution in [0.4, 0.5) is 0 Å². The highest BCUT2D eigenvalue weighted by Crippen LogP contribution is 2.48. The molecule has 15 heavy (non-hydrogen) atoms. The van der Waals surface area contributed by atoms with Gasteiger partial charge in [0.2, 0.25) is 5.91 Å². The summed E-state index contributed by atoms with van der Waals surface area (Å²) in [5.74, 6) is 0.221. The van der Waals surface area contributed by atoms with Crippen LogP contribution in [-0.4, -0.2) is 18.5 Å². The topological polar surface area (TPSA) is 55.1 Å². The van der Waals surface area contributed by atoms with E-state index in [9.17, 15) is 4.79 Å². The molecule has 1 unspecified atom stereocenters. The molecule has 0 aliphatic heterocycles. The third kappa shape index (κ3) is 3.49. The second-order valence-electron chi connectivity index (χ2n) is 5.24. The number of nitrogens with two attached hydrogens (primary N) is 1. The smallest absolute Gasteiger partial charge is 0.237 e. The molecule has 0 aromatic rings. The van der Waals surface area contributed by atoms with Crippen molar-refractivity contribution in [2.24, 2.45) is 17.1 Å². The lowest BCUT2D eigenvalue weighted by Crippen LogP contribution is -2.45. The van der Waals surface area contributed by atoms with Crippen molar-refractivity contribution in [2.45, 2.75) is 52.5 Å². The SMILES string of the molecule is CCCC1(CNC(=O)C(N)C(C)C)CC1. The third-order valence-electron chi connectivity index (χ3n) is 3.40. The molecular weight excluding hydrogens is 188 g/mol. The Labute approximate surface area is 92.8 Å².